The maximum absolute atomic E-state index is 8.84. The van der Waals surface area contributed by atoms with Crippen LogP contribution >= 0.6 is 0 Å². The monoisotopic (exact) mass is 288 g/mol. The van der Waals surface area contributed by atoms with Gasteiger partial charge in [-0.15, -0.1) is 0 Å². The van der Waals surface area contributed by atoms with Crippen molar-refractivity contribution in [1.82, 2.24) is 0 Å². The Kier molecular flexibility index (Phi) is 4.50. The molecule has 0 radical (unpaired) electrons. The molecule has 0 aliphatic heterocycles. The van der Waals surface area contributed by atoms with Gasteiger partial charge in [-0.25, -0.2) is 0 Å². The van der Waals surface area contributed by atoms with Crippen molar-refractivity contribution >= 4 is 5.84 Å². The molecule has 0 unspecified atom stereocenters. The quantitative estimate of drug-likeness (QED) is 0.382. The van der Waals surface area contributed by atoms with E-state index in [2.05, 4.69) is 5.16 Å². The fourth-order valence-corrected chi connectivity index (χ4v) is 1.77. The zero-order valence-electron chi connectivity index (χ0n) is 11.7. The van der Waals surface area contributed by atoms with E-state index < -0.39 is 0 Å². The summed E-state index contributed by atoms with van der Waals surface area (Å²) in [4.78, 5) is 0. The minimum absolute atomic E-state index is 0.0458. The maximum Gasteiger partial charge on any atom is 0.173 e. The Bertz CT molecular complexity index is 656. The highest BCUT2D eigenvalue weighted by Gasteiger charge is 2.11. The van der Waals surface area contributed by atoms with Crippen LogP contribution in [0.25, 0.3) is 0 Å². The van der Waals surface area contributed by atoms with Gasteiger partial charge in [0, 0.05) is 12.1 Å². The predicted octanol–water partition coefficient (Wildman–Crippen LogP) is 2.59. The molecule has 2 rings (SSSR count). The molecule has 6 nitrogen and oxygen atoms in total. The van der Waals surface area contributed by atoms with Crippen LogP contribution in [0.3, 0.4) is 0 Å². The first-order valence-corrected chi connectivity index (χ1v) is 6.15. The molecule has 2 aromatic rings. The molecular formula is C15H16N2O4. The second-order valence-electron chi connectivity index (χ2n) is 4.13. The average Bonchev–Trinajstić information content (AvgIpc) is 2.54. The van der Waals surface area contributed by atoms with Crippen LogP contribution in [0.2, 0.25) is 0 Å². The lowest BCUT2D eigenvalue weighted by Gasteiger charge is -2.12. The Balaban J connectivity index is 2.40. The molecule has 0 aliphatic rings. The molecule has 0 amide bonds. The van der Waals surface area contributed by atoms with Gasteiger partial charge in [-0.2, -0.15) is 0 Å². The van der Waals surface area contributed by atoms with Crippen molar-refractivity contribution in [1.29, 1.82) is 0 Å². The number of hydrogen-bond acceptors (Lipinski definition) is 5. The van der Waals surface area contributed by atoms with Crippen molar-refractivity contribution in [3.63, 3.8) is 0 Å². The van der Waals surface area contributed by atoms with Crippen LogP contribution in [0.5, 0.6) is 23.0 Å². The lowest BCUT2D eigenvalue weighted by atomic mass is 10.1. The molecule has 0 saturated heterocycles. The minimum atomic E-state index is -0.0458. The van der Waals surface area contributed by atoms with Crippen molar-refractivity contribution in [2.75, 3.05) is 14.2 Å². The number of benzene rings is 2. The minimum Gasteiger partial charge on any atom is -0.497 e. The van der Waals surface area contributed by atoms with Crippen molar-refractivity contribution in [3.05, 3.63) is 48.0 Å². The van der Waals surface area contributed by atoms with Gasteiger partial charge < -0.3 is 25.2 Å². The summed E-state index contributed by atoms with van der Waals surface area (Å²) >= 11 is 0. The second kappa shape index (κ2) is 6.51. The van der Waals surface area contributed by atoms with E-state index in [0.29, 0.717) is 28.6 Å². The summed E-state index contributed by atoms with van der Waals surface area (Å²) < 4.78 is 16.1. The molecule has 0 atom stereocenters. The highest BCUT2D eigenvalue weighted by atomic mass is 16.5. The van der Waals surface area contributed by atoms with Crippen molar-refractivity contribution in [2.24, 2.45) is 10.9 Å². The summed E-state index contributed by atoms with van der Waals surface area (Å²) in [5.41, 5.74) is 6.11. The molecular weight excluding hydrogens is 272 g/mol. The fourth-order valence-electron chi connectivity index (χ4n) is 1.77. The van der Waals surface area contributed by atoms with E-state index in [1.54, 1.807) is 50.6 Å². The Labute approximate surface area is 122 Å². The first-order chi connectivity index (χ1) is 10.2. The summed E-state index contributed by atoms with van der Waals surface area (Å²) in [5.74, 6) is 2.20. The number of amidine groups is 1. The summed E-state index contributed by atoms with van der Waals surface area (Å²) in [6.07, 6.45) is 0. The van der Waals surface area contributed by atoms with Crippen LogP contribution in [0.15, 0.2) is 47.6 Å². The highest BCUT2D eigenvalue weighted by Crippen LogP contribution is 2.30. The van der Waals surface area contributed by atoms with Crippen LogP contribution < -0.4 is 19.9 Å². The number of methoxy groups -OCH3 is 2. The van der Waals surface area contributed by atoms with E-state index in [4.69, 9.17) is 25.2 Å². The molecule has 0 heterocycles. The average molecular weight is 288 g/mol. The second-order valence-corrected chi connectivity index (χ2v) is 4.13. The molecule has 0 bridgehead atoms. The fraction of sp³-hybridized carbons (Fsp3) is 0.133. The molecule has 21 heavy (non-hydrogen) atoms. The van der Waals surface area contributed by atoms with E-state index >= 15 is 0 Å². The number of rotatable bonds is 5. The zero-order chi connectivity index (χ0) is 15.2. The smallest absolute Gasteiger partial charge is 0.173 e. The van der Waals surface area contributed by atoms with E-state index in [1.165, 1.54) is 0 Å². The van der Waals surface area contributed by atoms with Crippen molar-refractivity contribution in [3.8, 4) is 23.0 Å². The first kappa shape index (κ1) is 14.5. The van der Waals surface area contributed by atoms with Gasteiger partial charge in [0.25, 0.3) is 0 Å². The van der Waals surface area contributed by atoms with Gasteiger partial charge in [-0.1, -0.05) is 11.2 Å². The number of ether oxygens (including phenoxy) is 3. The van der Waals surface area contributed by atoms with Gasteiger partial charge in [0.15, 0.2) is 5.84 Å². The molecule has 0 aliphatic carbocycles. The van der Waals surface area contributed by atoms with Crippen LogP contribution in [0.1, 0.15) is 5.56 Å². The van der Waals surface area contributed by atoms with E-state index in [1.807, 2.05) is 6.07 Å². The predicted molar refractivity (Wildman–Crippen MR) is 78.6 cm³/mol. The van der Waals surface area contributed by atoms with Gasteiger partial charge >= 0.3 is 0 Å². The van der Waals surface area contributed by atoms with Gasteiger partial charge in [-0.3, -0.25) is 0 Å². The van der Waals surface area contributed by atoms with Crippen LogP contribution in [-0.2, 0) is 0 Å². The van der Waals surface area contributed by atoms with Gasteiger partial charge in [-0.05, 0) is 24.3 Å². The Morgan fingerprint density at radius 2 is 1.67 bits per heavy atom. The normalized spacial score (nSPS) is 11.0. The molecule has 0 aromatic heterocycles. The van der Waals surface area contributed by atoms with E-state index in [9.17, 15) is 0 Å². The summed E-state index contributed by atoms with van der Waals surface area (Å²) in [6, 6.07) is 12.1. The number of nitrogens with two attached hydrogens (primary N) is 1. The standard InChI is InChI=1S/C15H16N2O4/c1-19-10-4-3-5-12(8-10)21-14-9-11(20-2)6-7-13(14)15(16)17-18/h3-9,18H,1-2H3,(H2,16,17). The Morgan fingerprint density at radius 3 is 2.33 bits per heavy atom. The summed E-state index contributed by atoms with van der Waals surface area (Å²) in [5, 5.41) is 11.8. The van der Waals surface area contributed by atoms with Gasteiger partial charge in [0.1, 0.15) is 23.0 Å². The Hall–Kier alpha value is -2.89. The molecule has 0 fully saturated rings. The lowest BCUT2D eigenvalue weighted by Crippen LogP contribution is -2.14. The molecule has 3 N–H and O–H groups in total. The zero-order valence-corrected chi connectivity index (χ0v) is 11.7. The first-order valence-electron chi connectivity index (χ1n) is 6.15. The maximum atomic E-state index is 8.84. The van der Waals surface area contributed by atoms with Crippen LogP contribution in [0.4, 0.5) is 0 Å². The third-order valence-electron chi connectivity index (χ3n) is 2.84. The van der Waals surface area contributed by atoms with Gasteiger partial charge in [0.2, 0.25) is 0 Å². The van der Waals surface area contributed by atoms with E-state index in [0.717, 1.165) is 0 Å². The summed E-state index contributed by atoms with van der Waals surface area (Å²) in [6.45, 7) is 0. The molecule has 6 heteroatoms. The molecule has 2 aromatic carbocycles. The SMILES string of the molecule is COc1cccc(Oc2cc(OC)ccc2/C(N)=N/O)c1. The van der Waals surface area contributed by atoms with Crippen molar-refractivity contribution in [2.45, 2.75) is 0 Å². The van der Waals surface area contributed by atoms with Crippen molar-refractivity contribution < 1.29 is 19.4 Å². The third-order valence-corrected chi connectivity index (χ3v) is 2.84. The van der Waals surface area contributed by atoms with Gasteiger partial charge in [0.05, 0.1) is 19.8 Å². The molecule has 0 spiro atoms. The third kappa shape index (κ3) is 3.36. The lowest BCUT2D eigenvalue weighted by molar-refractivity contribution is 0.318. The van der Waals surface area contributed by atoms with Crippen LogP contribution in [-0.4, -0.2) is 25.3 Å². The van der Waals surface area contributed by atoms with E-state index in [-0.39, 0.29) is 5.84 Å². The largest absolute Gasteiger partial charge is 0.497 e. The highest BCUT2D eigenvalue weighted by molar-refractivity contribution is 5.99. The topological polar surface area (TPSA) is 86.3 Å². The molecule has 110 valence electrons. The Morgan fingerprint density at radius 1 is 1.00 bits per heavy atom. The molecule has 0 saturated carbocycles. The number of oxime groups is 1. The number of nitrogens with zero attached hydrogens (tertiary/aromatic N) is 1. The summed E-state index contributed by atoms with van der Waals surface area (Å²) in [7, 11) is 3.13. The van der Waals surface area contributed by atoms with Crippen LogP contribution in [0, 0.1) is 0 Å². The number of hydrogen-bond donors (Lipinski definition) is 2.